The van der Waals surface area contributed by atoms with E-state index in [0.29, 0.717) is 0 Å². The van der Waals surface area contributed by atoms with Crippen LogP contribution < -0.4 is 10.6 Å². The number of hydrogen-bond acceptors (Lipinski definition) is 4. The first-order valence-electron chi connectivity index (χ1n) is 6.47. The van der Waals surface area contributed by atoms with E-state index in [-0.39, 0.29) is 0 Å². The summed E-state index contributed by atoms with van der Waals surface area (Å²) in [5.41, 5.74) is 0. The molecule has 2 N–H and O–H groups in total. The van der Waals surface area contributed by atoms with Gasteiger partial charge >= 0.3 is 0 Å². The van der Waals surface area contributed by atoms with Crippen molar-refractivity contribution in [2.75, 3.05) is 66.5 Å². The maximum Gasteiger partial charge on any atom is 0.0107 e. The van der Waals surface area contributed by atoms with Gasteiger partial charge in [-0.25, -0.2) is 0 Å². The molecule has 0 aromatic rings. The first kappa shape index (κ1) is 13.9. The average Bonchev–Trinajstić information content (AvgIpc) is 2.25. The molecular weight excluding hydrogens is 200 g/mol. The molecule has 0 bridgehead atoms. The molecule has 0 saturated carbocycles. The average molecular weight is 228 g/mol. The lowest BCUT2D eigenvalue weighted by Crippen LogP contribution is -2.46. The Morgan fingerprint density at radius 2 is 2.00 bits per heavy atom. The topological polar surface area (TPSA) is 30.5 Å². The number of rotatable bonds is 7. The van der Waals surface area contributed by atoms with Gasteiger partial charge in [-0.05, 0) is 26.6 Å². The zero-order chi connectivity index (χ0) is 11.8. The highest BCUT2D eigenvalue weighted by Gasteiger charge is 2.12. The van der Waals surface area contributed by atoms with Crippen LogP contribution in [0, 0.1) is 5.92 Å². The molecule has 0 radical (unpaired) electrons. The van der Waals surface area contributed by atoms with Crippen molar-refractivity contribution >= 4 is 0 Å². The smallest absolute Gasteiger partial charge is 0.0107 e. The van der Waals surface area contributed by atoms with Crippen molar-refractivity contribution in [3.8, 4) is 0 Å². The Labute approximate surface area is 100 Å². The number of likely N-dealkylation sites (N-methyl/N-ethyl adjacent to an activating group) is 1. The lowest BCUT2D eigenvalue weighted by atomic mass is 10.1. The van der Waals surface area contributed by atoms with Crippen LogP contribution in [0.15, 0.2) is 0 Å². The second kappa shape index (κ2) is 8.01. The van der Waals surface area contributed by atoms with Crippen molar-refractivity contribution in [3.05, 3.63) is 0 Å². The molecule has 1 heterocycles. The van der Waals surface area contributed by atoms with Gasteiger partial charge in [-0.15, -0.1) is 0 Å². The molecule has 1 rings (SSSR count). The molecule has 0 aromatic carbocycles. The van der Waals surface area contributed by atoms with Gasteiger partial charge in [0.15, 0.2) is 0 Å². The molecule has 4 heteroatoms. The molecule has 1 saturated heterocycles. The minimum absolute atomic E-state index is 0.750. The van der Waals surface area contributed by atoms with E-state index in [0.717, 1.165) is 38.6 Å². The van der Waals surface area contributed by atoms with Crippen LogP contribution in [-0.2, 0) is 0 Å². The maximum atomic E-state index is 3.52. The predicted molar refractivity (Wildman–Crippen MR) is 69.9 cm³/mol. The van der Waals surface area contributed by atoms with Crippen LogP contribution in [0.4, 0.5) is 0 Å². The first-order valence-corrected chi connectivity index (χ1v) is 6.47. The van der Waals surface area contributed by atoms with Crippen molar-refractivity contribution in [2.24, 2.45) is 5.92 Å². The maximum absolute atomic E-state index is 3.52. The highest BCUT2D eigenvalue weighted by atomic mass is 15.2. The number of hydrogen-bond donors (Lipinski definition) is 2. The fourth-order valence-electron chi connectivity index (χ4n) is 2.05. The summed E-state index contributed by atoms with van der Waals surface area (Å²) in [5.74, 6) is 0.750. The molecule has 16 heavy (non-hydrogen) atoms. The summed E-state index contributed by atoms with van der Waals surface area (Å²) in [6.45, 7) is 11.7. The van der Waals surface area contributed by atoms with Gasteiger partial charge in [-0.1, -0.05) is 6.92 Å². The zero-order valence-corrected chi connectivity index (χ0v) is 11.1. The van der Waals surface area contributed by atoms with E-state index < -0.39 is 0 Å². The summed E-state index contributed by atoms with van der Waals surface area (Å²) in [5, 5.41) is 6.91. The summed E-state index contributed by atoms with van der Waals surface area (Å²) in [4.78, 5) is 4.78. The van der Waals surface area contributed by atoms with E-state index in [1.807, 2.05) is 0 Å². The van der Waals surface area contributed by atoms with Gasteiger partial charge in [0.1, 0.15) is 0 Å². The van der Waals surface area contributed by atoms with Gasteiger partial charge in [0.2, 0.25) is 0 Å². The van der Waals surface area contributed by atoms with Crippen molar-refractivity contribution < 1.29 is 0 Å². The molecule has 4 nitrogen and oxygen atoms in total. The van der Waals surface area contributed by atoms with Crippen LogP contribution in [0.2, 0.25) is 0 Å². The van der Waals surface area contributed by atoms with E-state index in [9.17, 15) is 0 Å². The molecule has 0 aromatic heterocycles. The van der Waals surface area contributed by atoms with Crippen molar-refractivity contribution in [1.82, 2.24) is 20.4 Å². The van der Waals surface area contributed by atoms with Crippen molar-refractivity contribution in [1.29, 1.82) is 0 Å². The second-order valence-corrected chi connectivity index (χ2v) is 5.16. The van der Waals surface area contributed by atoms with Gasteiger partial charge < -0.3 is 20.4 Å². The third-order valence-corrected chi connectivity index (χ3v) is 3.01. The van der Waals surface area contributed by atoms with Crippen LogP contribution in [0.25, 0.3) is 0 Å². The van der Waals surface area contributed by atoms with E-state index in [1.165, 1.54) is 19.6 Å². The monoisotopic (exact) mass is 228 g/mol. The Balaban J connectivity index is 1.99. The van der Waals surface area contributed by atoms with E-state index in [1.54, 1.807) is 0 Å². The number of nitrogens with one attached hydrogen (secondary N) is 2. The van der Waals surface area contributed by atoms with Crippen molar-refractivity contribution in [3.63, 3.8) is 0 Å². The van der Waals surface area contributed by atoms with Crippen molar-refractivity contribution in [2.45, 2.75) is 6.92 Å². The highest BCUT2D eigenvalue weighted by Crippen LogP contribution is 2.00. The summed E-state index contributed by atoms with van der Waals surface area (Å²) in [6.07, 6.45) is 0. The summed E-state index contributed by atoms with van der Waals surface area (Å²) in [7, 11) is 4.23. The van der Waals surface area contributed by atoms with Crippen LogP contribution >= 0.6 is 0 Å². The largest absolute Gasteiger partial charge is 0.315 e. The van der Waals surface area contributed by atoms with E-state index in [4.69, 9.17) is 0 Å². The summed E-state index contributed by atoms with van der Waals surface area (Å²) < 4.78 is 0. The molecule has 96 valence electrons. The minimum Gasteiger partial charge on any atom is -0.315 e. The van der Waals surface area contributed by atoms with Gasteiger partial charge in [-0.3, -0.25) is 0 Å². The molecule has 0 spiro atoms. The lowest BCUT2D eigenvalue weighted by Gasteiger charge is -2.29. The Morgan fingerprint density at radius 1 is 1.31 bits per heavy atom. The van der Waals surface area contributed by atoms with Gasteiger partial charge in [0.25, 0.3) is 0 Å². The van der Waals surface area contributed by atoms with Crippen LogP contribution in [-0.4, -0.2) is 76.3 Å². The fraction of sp³-hybridized carbons (Fsp3) is 1.00. The molecule has 1 fully saturated rings. The third-order valence-electron chi connectivity index (χ3n) is 3.01. The fourth-order valence-corrected chi connectivity index (χ4v) is 2.05. The van der Waals surface area contributed by atoms with Gasteiger partial charge in [0.05, 0.1) is 0 Å². The molecule has 1 atom stereocenters. The van der Waals surface area contributed by atoms with Crippen LogP contribution in [0.3, 0.4) is 0 Å². The Bertz CT molecular complexity index is 166. The summed E-state index contributed by atoms with van der Waals surface area (Å²) >= 11 is 0. The quantitative estimate of drug-likeness (QED) is 0.585. The molecule has 1 aliphatic rings. The predicted octanol–water partition coefficient (Wildman–Crippen LogP) is -0.321. The van der Waals surface area contributed by atoms with Crippen LogP contribution in [0.5, 0.6) is 0 Å². The standard InChI is InChI=1S/C12H28N4/c1-12(10-14-4-7-15(2)3)11-16-8-5-13-6-9-16/h12-14H,4-11H2,1-3H3. The molecular formula is C12H28N4. The first-order chi connectivity index (χ1) is 7.68. The Hall–Kier alpha value is -0.160. The van der Waals surface area contributed by atoms with E-state index in [2.05, 4.69) is 41.5 Å². The molecule has 1 unspecified atom stereocenters. The third kappa shape index (κ3) is 6.43. The zero-order valence-electron chi connectivity index (χ0n) is 11.1. The SMILES string of the molecule is CC(CNCCN(C)C)CN1CCNCC1. The molecule has 0 amide bonds. The van der Waals surface area contributed by atoms with Gasteiger partial charge in [-0.2, -0.15) is 0 Å². The normalized spacial score (nSPS) is 20.2. The summed E-state index contributed by atoms with van der Waals surface area (Å²) in [6, 6.07) is 0. The Morgan fingerprint density at radius 3 is 2.62 bits per heavy atom. The Kier molecular flexibility index (Phi) is 6.96. The van der Waals surface area contributed by atoms with Crippen LogP contribution in [0.1, 0.15) is 6.92 Å². The lowest BCUT2D eigenvalue weighted by molar-refractivity contribution is 0.209. The number of piperazine rings is 1. The molecule has 1 aliphatic heterocycles. The van der Waals surface area contributed by atoms with Gasteiger partial charge in [0, 0.05) is 45.8 Å². The number of nitrogens with zero attached hydrogens (tertiary/aromatic N) is 2. The highest BCUT2D eigenvalue weighted by molar-refractivity contribution is 4.70. The van der Waals surface area contributed by atoms with E-state index >= 15 is 0 Å². The second-order valence-electron chi connectivity index (χ2n) is 5.16. The minimum atomic E-state index is 0.750. The molecule has 0 aliphatic carbocycles.